The fourth-order valence-electron chi connectivity index (χ4n) is 4.03. The lowest BCUT2D eigenvalue weighted by molar-refractivity contribution is 0.0136. The number of benzene rings is 1. The van der Waals surface area contributed by atoms with Gasteiger partial charge in [0.05, 0.1) is 13.2 Å². The minimum Gasteiger partial charge on any atom is -0.408 e. The summed E-state index contributed by atoms with van der Waals surface area (Å²) in [6.45, 7) is 4.83. The first kappa shape index (κ1) is 22.0. The molecule has 1 atom stereocenters. The number of carbonyl (C=O) groups is 1. The Balaban J connectivity index is 1.39. The van der Waals surface area contributed by atoms with E-state index in [1.165, 1.54) is 0 Å². The number of para-hydroxylation sites is 1. The van der Waals surface area contributed by atoms with Gasteiger partial charge in [0, 0.05) is 32.2 Å². The van der Waals surface area contributed by atoms with Crippen LogP contribution in [0.1, 0.15) is 19.3 Å². The lowest BCUT2D eigenvalue weighted by atomic mass is 10.1. The van der Waals surface area contributed by atoms with Gasteiger partial charge in [-0.1, -0.05) is 12.1 Å². The molecule has 0 spiro atoms. The largest absolute Gasteiger partial charge is 0.415 e. The molecule has 1 unspecified atom stereocenters. The molecule has 0 bridgehead atoms. The van der Waals surface area contributed by atoms with Gasteiger partial charge in [-0.2, -0.15) is 0 Å². The van der Waals surface area contributed by atoms with Crippen LogP contribution in [0.3, 0.4) is 0 Å². The number of nitrogens with two attached hydrogens (primary N) is 2. The summed E-state index contributed by atoms with van der Waals surface area (Å²) in [5.74, 6) is 0.837. The van der Waals surface area contributed by atoms with Gasteiger partial charge in [0.1, 0.15) is 17.2 Å². The minimum atomic E-state index is -0.371. The topological polar surface area (TPSA) is 132 Å². The number of pyridine rings is 1. The number of nitrogen functional groups attached to an aromatic ring is 2. The number of hydrogen-bond donors (Lipinski definition) is 2. The van der Waals surface area contributed by atoms with Crippen molar-refractivity contribution in [1.29, 1.82) is 0 Å². The van der Waals surface area contributed by atoms with Gasteiger partial charge in [-0.3, -0.25) is 4.90 Å². The van der Waals surface area contributed by atoms with E-state index in [1.807, 2.05) is 0 Å². The van der Waals surface area contributed by atoms with Crippen molar-refractivity contribution in [2.24, 2.45) is 10.2 Å². The Bertz CT molecular complexity index is 962. The van der Waals surface area contributed by atoms with Crippen molar-refractivity contribution in [3.63, 3.8) is 0 Å². The predicted molar refractivity (Wildman–Crippen MR) is 121 cm³/mol. The van der Waals surface area contributed by atoms with E-state index in [9.17, 15) is 4.79 Å². The molecule has 0 aliphatic carbocycles. The second-order valence-electron chi connectivity index (χ2n) is 7.90. The highest BCUT2D eigenvalue weighted by molar-refractivity contribution is 5.73. The fraction of sp³-hybridized carbons (Fsp3) is 0.455. The molecule has 10 heteroatoms. The van der Waals surface area contributed by atoms with Crippen LogP contribution in [0.4, 0.5) is 27.8 Å². The number of anilines is 2. The van der Waals surface area contributed by atoms with Gasteiger partial charge >= 0.3 is 6.09 Å². The molecule has 32 heavy (non-hydrogen) atoms. The molecule has 0 radical (unpaired) electrons. The quantitative estimate of drug-likeness (QED) is 0.698. The zero-order chi connectivity index (χ0) is 22.3. The molecule has 3 heterocycles. The summed E-state index contributed by atoms with van der Waals surface area (Å²) in [7, 11) is 0. The first-order chi connectivity index (χ1) is 15.6. The van der Waals surface area contributed by atoms with Gasteiger partial charge in [0.25, 0.3) is 0 Å². The summed E-state index contributed by atoms with van der Waals surface area (Å²) in [5.41, 5.74) is 12.3. The molecule has 2 aliphatic rings. The van der Waals surface area contributed by atoms with Gasteiger partial charge in [-0.05, 0) is 43.5 Å². The van der Waals surface area contributed by atoms with Crippen LogP contribution < -0.4 is 16.2 Å². The molecule has 0 saturated carbocycles. The first-order valence-electron chi connectivity index (χ1n) is 10.9. The molecule has 2 saturated heterocycles. The van der Waals surface area contributed by atoms with Crippen LogP contribution >= 0.6 is 0 Å². The third kappa shape index (κ3) is 5.51. The molecular weight excluding hydrogens is 410 g/mol. The number of rotatable bonds is 4. The lowest BCUT2D eigenvalue weighted by Gasteiger charge is -2.33. The molecule has 1 amide bonds. The van der Waals surface area contributed by atoms with E-state index in [0.29, 0.717) is 42.1 Å². The van der Waals surface area contributed by atoms with Crippen LogP contribution in [0.2, 0.25) is 0 Å². The van der Waals surface area contributed by atoms with E-state index >= 15 is 0 Å². The average Bonchev–Trinajstić information content (AvgIpc) is 3.06. The zero-order valence-corrected chi connectivity index (χ0v) is 18.0. The number of nitrogens with zero attached hydrogens (tertiary/aromatic N) is 5. The number of aromatic nitrogens is 1. The maximum Gasteiger partial charge on any atom is 0.415 e. The Morgan fingerprint density at radius 1 is 1.00 bits per heavy atom. The van der Waals surface area contributed by atoms with Crippen LogP contribution in [-0.2, 0) is 4.74 Å². The number of hydrogen-bond acceptors (Lipinski definition) is 9. The first-order valence-corrected chi connectivity index (χ1v) is 10.9. The fourth-order valence-corrected chi connectivity index (χ4v) is 4.03. The van der Waals surface area contributed by atoms with Crippen molar-refractivity contribution in [1.82, 2.24) is 14.8 Å². The van der Waals surface area contributed by atoms with Crippen molar-refractivity contribution in [3.05, 3.63) is 36.4 Å². The molecule has 2 aliphatic heterocycles. The molecule has 170 valence electrons. The molecule has 4 rings (SSSR count). The van der Waals surface area contributed by atoms with E-state index < -0.39 is 0 Å². The monoisotopic (exact) mass is 439 g/mol. The Morgan fingerprint density at radius 3 is 2.59 bits per heavy atom. The van der Waals surface area contributed by atoms with Gasteiger partial charge in [-0.25, -0.2) is 9.78 Å². The van der Waals surface area contributed by atoms with Crippen LogP contribution in [0.5, 0.6) is 5.75 Å². The number of amides is 1. The molecule has 4 N–H and O–H groups in total. The lowest BCUT2D eigenvalue weighted by Crippen LogP contribution is -2.44. The van der Waals surface area contributed by atoms with Crippen molar-refractivity contribution < 1.29 is 14.3 Å². The van der Waals surface area contributed by atoms with Crippen LogP contribution in [0, 0.1) is 0 Å². The average molecular weight is 440 g/mol. The molecule has 2 aromatic rings. The Hall–Kier alpha value is -3.24. The zero-order valence-electron chi connectivity index (χ0n) is 18.0. The van der Waals surface area contributed by atoms with E-state index in [-0.39, 0.29) is 11.9 Å². The number of azo groups is 1. The molecule has 1 aromatic heterocycles. The summed E-state index contributed by atoms with van der Waals surface area (Å²) >= 11 is 0. The third-order valence-corrected chi connectivity index (χ3v) is 5.77. The molecule has 2 fully saturated rings. The summed E-state index contributed by atoms with van der Waals surface area (Å²) in [5, 5.41) is 8.34. The summed E-state index contributed by atoms with van der Waals surface area (Å²) in [6.07, 6.45) is 2.58. The molecular formula is C22H29N7O3. The predicted octanol–water partition coefficient (Wildman–Crippen LogP) is 3.35. The maximum absolute atomic E-state index is 12.9. The highest BCUT2D eigenvalue weighted by Crippen LogP contribution is 2.31. The van der Waals surface area contributed by atoms with Gasteiger partial charge < -0.3 is 25.8 Å². The highest BCUT2D eigenvalue weighted by Gasteiger charge is 2.27. The summed E-state index contributed by atoms with van der Waals surface area (Å²) in [6, 6.07) is 10.7. The second-order valence-corrected chi connectivity index (χ2v) is 7.90. The summed E-state index contributed by atoms with van der Waals surface area (Å²) in [4.78, 5) is 21.1. The Morgan fingerprint density at radius 2 is 1.78 bits per heavy atom. The van der Waals surface area contributed by atoms with Crippen LogP contribution in [0.15, 0.2) is 46.6 Å². The number of likely N-dealkylation sites (tertiary alicyclic amines) is 1. The Labute approximate surface area is 187 Å². The SMILES string of the molecule is Nc1ccc(N=Nc2ccccc2OC(=O)N2CCCC(N3CCOCC3)CC2)c(N)n1. The standard InChI is InChI=1S/C22H29N7O3/c23-20-8-7-18(21(24)25-20)27-26-17-5-1-2-6-19(17)32-22(30)29-10-3-4-16(9-11-29)28-12-14-31-15-13-28/h1-2,5-8,16H,3-4,9-15H2,(H4,23,24,25). The number of carbonyl (C=O) groups excluding carboxylic acids is 1. The van der Waals surface area contributed by atoms with Gasteiger partial charge in [-0.15, -0.1) is 10.2 Å². The van der Waals surface area contributed by atoms with E-state index in [4.69, 9.17) is 20.9 Å². The molecule has 10 nitrogen and oxygen atoms in total. The van der Waals surface area contributed by atoms with E-state index in [1.54, 1.807) is 41.3 Å². The van der Waals surface area contributed by atoms with E-state index in [0.717, 1.165) is 45.6 Å². The van der Waals surface area contributed by atoms with Crippen LogP contribution in [-0.4, -0.2) is 66.3 Å². The van der Waals surface area contributed by atoms with Crippen LogP contribution in [0.25, 0.3) is 0 Å². The minimum absolute atomic E-state index is 0.183. The third-order valence-electron chi connectivity index (χ3n) is 5.77. The van der Waals surface area contributed by atoms with Crippen molar-refractivity contribution in [2.75, 3.05) is 50.9 Å². The number of ether oxygens (including phenoxy) is 2. The maximum atomic E-state index is 12.9. The van der Waals surface area contributed by atoms with E-state index in [2.05, 4.69) is 20.1 Å². The normalized spacial score (nSPS) is 20.2. The van der Waals surface area contributed by atoms with Gasteiger partial charge in [0.15, 0.2) is 11.6 Å². The van der Waals surface area contributed by atoms with Crippen molar-refractivity contribution >= 4 is 29.1 Å². The van der Waals surface area contributed by atoms with Crippen molar-refractivity contribution in [3.8, 4) is 5.75 Å². The van der Waals surface area contributed by atoms with Crippen molar-refractivity contribution in [2.45, 2.75) is 25.3 Å². The smallest absolute Gasteiger partial charge is 0.408 e. The second kappa shape index (κ2) is 10.4. The Kier molecular flexibility index (Phi) is 7.13. The molecule has 1 aromatic carbocycles. The highest BCUT2D eigenvalue weighted by atomic mass is 16.6. The van der Waals surface area contributed by atoms with Gasteiger partial charge in [0.2, 0.25) is 0 Å². The number of morpholine rings is 1. The summed E-state index contributed by atoms with van der Waals surface area (Å²) < 4.78 is 11.2.